The van der Waals surface area contributed by atoms with Crippen LogP contribution in [0.2, 0.25) is 15.1 Å². The molecular formula is C29H32Cl3N3O4S. The minimum Gasteiger partial charge on any atom is -0.354 e. The summed E-state index contributed by atoms with van der Waals surface area (Å²) in [5, 5.41) is 3.99. The van der Waals surface area contributed by atoms with Crippen LogP contribution in [0.4, 0.5) is 5.69 Å². The molecule has 0 aliphatic rings. The maximum Gasteiger partial charge on any atom is 0.264 e. The van der Waals surface area contributed by atoms with E-state index in [4.69, 9.17) is 34.8 Å². The number of amides is 2. The molecule has 3 aromatic carbocycles. The second-order valence-corrected chi connectivity index (χ2v) is 12.5. The Hall–Kier alpha value is -2.78. The number of sulfonamides is 1. The van der Waals surface area contributed by atoms with Gasteiger partial charge in [0.25, 0.3) is 10.0 Å². The summed E-state index contributed by atoms with van der Waals surface area (Å²) in [6, 6.07) is 16.5. The number of anilines is 1. The molecule has 7 nitrogen and oxygen atoms in total. The molecule has 1 N–H and O–H groups in total. The van der Waals surface area contributed by atoms with E-state index in [1.54, 1.807) is 43.3 Å². The number of benzene rings is 3. The smallest absolute Gasteiger partial charge is 0.264 e. The lowest BCUT2D eigenvalue weighted by atomic mass is 10.1. The first kappa shape index (κ1) is 31.7. The van der Waals surface area contributed by atoms with E-state index in [9.17, 15) is 18.0 Å². The van der Waals surface area contributed by atoms with E-state index >= 15 is 0 Å². The second-order valence-electron chi connectivity index (χ2n) is 9.38. The molecule has 0 saturated heterocycles. The van der Waals surface area contributed by atoms with Gasteiger partial charge in [0.2, 0.25) is 11.8 Å². The molecule has 0 aromatic heterocycles. The van der Waals surface area contributed by atoms with E-state index in [1.807, 2.05) is 19.9 Å². The van der Waals surface area contributed by atoms with Crippen LogP contribution in [0, 0.1) is 6.92 Å². The van der Waals surface area contributed by atoms with Crippen molar-refractivity contribution in [3.63, 3.8) is 0 Å². The van der Waals surface area contributed by atoms with E-state index in [0.717, 1.165) is 22.7 Å². The average molecular weight is 625 g/mol. The first-order chi connectivity index (χ1) is 18.9. The Morgan fingerprint density at radius 3 is 2.25 bits per heavy atom. The lowest BCUT2D eigenvalue weighted by Crippen LogP contribution is -2.51. The number of unbranched alkanes of at least 4 members (excludes halogenated alkanes) is 1. The van der Waals surface area contributed by atoms with Gasteiger partial charge in [-0.25, -0.2) is 8.42 Å². The van der Waals surface area contributed by atoms with Crippen LogP contribution in [0.5, 0.6) is 0 Å². The monoisotopic (exact) mass is 623 g/mol. The van der Waals surface area contributed by atoms with Gasteiger partial charge in [0.1, 0.15) is 12.6 Å². The van der Waals surface area contributed by atoms with Gasteiger partial charge < -0.3 is 10.2 Å². The Bertz CT molecular complexity index is 1450. The molecule has 214 valence electrons. The van der Waals surface area contributed by atoms with Crippen molar-refractivity contribution in [1.82, 2.24) is 10.2 Å². The molecule has 40 heavy (non-hydrogen) atoms. The Labute approximate surface area is 251 Å². The molecule has 0 heterocycles. The van der Waals surface area contributed by atoms with Crippen molar-refractivity contribution >= 4 is 62.3 Å². The van der Waals surface area contributed by atoms with E-state index in [2.05, 4.69) is 5.32 Å². The highest BCUT2D eigenvalue weighted by atomic mass is 35.5. The molecule has 0 aliphatic carbocycles. The van der Waals surface area contributed by atoms with Crippen LogP contribution in [0.1, 0.15) is 37.8 Å². The summed E-state index contributed by atoms with van der Waals surface area (Å²) in [4.78, 5) is 28.3. The van der Waals surface area contributed by atoms with Gasteiger partial charge in [0.15, 0.2) is 0 Å². The van der Waals surface area contributed by atoms with Gasteiger partial charge >= 0.3 is 0 Å². The van der Waals surface area contributed by atoms with Gasteiger partial charge in [-0.2, -0.15) is 0 Å². The molecule has 2 amide bonds. The summed E-state index contributed by atoms with van der Waals surface area (Å²) >= 11 is 18.5. The van der Waals surface area contributed by atoms with Crippen molar-refractivity contribution < 1.29 is 18.0 Å². The molecular weight excluding hydrogens is 593 g/mol. The van der Waals surface area contributed by atoms with E-state index in [-0.39, 0.29) is 17.3 Å². The number of aryl methyl sites for hydroxylation is 1. The number of rotatable bonds is 12. The van der Waals surface area contributed by atoms with Crippen LogP contribution in [0.15, 0.2) is 71.6 Å². The summed E-state index contributed by atoms with van der Waals surface area (Å²) in [6.45, 7) is 5.33. The number of halogens is 3. The highest BCUT2D eigenvalue weighted by molar-refractivity contribution is 7.92. The topological polar surface area (TPSA) is 86.8 Å². The zero-order valence-electron chi connectivity index (χ0n) is 22.5. The third kappa shape index (κ3) is 8.13. The zero-order valence-corrected chi connectivity index (χ0v) is 25.6. The van der Waals surface area contributed by atoms with Crippen LogP contribution in [-0.2, 0) is 26.2 Å². The first-order valence-electron chi connectivity index (χ1n) is 12.8. The third-order valence-electron chi connectivity index (χ3n) is 6.32. The molecule has 1 atom stereocenters. The van der Waals surface area contributed by atoms with Crippen LogP contribution in [0.25, 0.3) is 0 Å². The SMILES string of the molecule is CCCCNC(=O)[C@H](C)N(Cc1ccc(Cl)cc1Cl)C(=O)CN(c1cccc(C)c1)S(=O)(=O)c1ccc(Cl)cc1. The van der Waals surface area contributed by atoms with Crippen molar-refractivity contribution in [2.75, 3.05) is 17.4 Å². The zero-order chi connectivity index (χ0) is 29.4. The summed E-state index contributed by atoms with van der Waals surface area (Å²) in [5.74, 6) is -0.933. The average Bonchev–Trinajstić information content (AvgIpc) is 2.91. The molecule has 0 aliphatic heterocycles. The molecule has 11 heteroatoms. The molecule has 0 radical (unpaired) electrons. The van der Waals surface area contributed by atoms with Crippen molar-refractivity contribution in [3.8, 4) is 0 Å². The fourth-order valence-corrected chi connectivity index (χ4v) is 6.00. The normalized spacial score (nSPS) is 12.1. The van der Waals surface area contributed by atoms with Crippen LogP contribution in [0.3, 0.4) is 0 Å². The maximum atomic E-state index is 14.0. The van der Waals surface area contributed by atoms with Crippen molar-refractivity contribution in [3.05, 3.63) is 92.9 Å². The third-order valence-corrected chi connectivity index (χ3v) is 8.95. The predicted molar refractivity (Wildman–Crippen MR) is 162 cm³/mol. The minimum absolute atomic E-state index is 0.0242. The Morgan fingerprint density at radius 2 is 1.62 bits per heavy atom. The Morgan fingerprint density at radius 1 is 0.950 bits per heavy atom. The Balaban J connectivity index is 2.02. The van der Waals surface area contributed by atoms with Crippen LogP contribution >= 0.6 is 34.8 Å². The predicted octanol–water partition coefficient (Wildman–Crippen LogP) is 6.48. The van der Waals surface area contributed by atoms with Crippen LogP contribution < -0.4 is 9.62 Å². The number of carbonyl (C=O) groups excluding carboxylic acids is 2. The summed E-state index contributed by atoms with van der Waals surface area (Å²) in [6.07, 6.45) is 1.68. The quantitative estimate of drug-likeness (QED) is 0.234. The molecule has 0 unspecified atom stereocenters. The largest absolute Gasteiger partial charge is 0.354 e. The molecule has 0 spiro atoms. The van der Waals surface area contributed by atoms with Crippen molar-refractivity contribution in [2.24, 2.45) is 0 Å². The number of hydrogen-bond acceptors (Lipinski definition) is 4. The van der Waals surface area contributed by atoms with E-state index < -0.39 is 28.5 Å². The van der Waals surface area contributed by atoms with Gasteiger partial charge in [0, 0.05) is 28.2 Å². The number of carbonyl (C=O) groups is 2. The van der Waals surface area contributed by atoms with Gasteiger partial charge in [-0.3, -0.25) is 13.9 Å². The fourth-order valence-electron chi connectivity index (χ4n) is 4.00. The number of nitrogens with zero attached hydrogens (tertiary/aromatic N) is 2. The number of nitrogens with one attached hydrogen (secondary N) is 1. The first-order valence-corrected chi connectivity index (χ1v) is 15.4. The molecule has 0 bridgehead atoms. The second kappa shape index (κ2) is 14.2. The van der Waals surface area contributed by atoms with Crippen molar-refractivity contribution in [2.45, 2.75) is 51.1 Å². The summed E-state index contributed by atoms with van der Waals surface area (Å²) < 4.78 is 28.7. The van der Waals surface area contributed by atoms with E-state index in [0.29, 0.717) is 32.9 Å². The van der Waals surface area contributed by atoms with Crippen molar-refractivity contribution in [1.29, 1.82) is 0 Å². The highest BCUT2D eigenvalue weighted by Crippen LogP contribution is 2.27. The summed E-state index contributed by atoms with van der Waals surface area (Å²) in [7, 11) is -4.18. The summed E-state index contributed by atoms with van der Waals surface area (Å²) in [5.41, 5.74) is 1.69. The molecule has 3 aromatic rings. The van der Waals surface area contributed by atoms with Gasteiger partial charge in [-0.15, -0.1) is 0 Å². The molecule has 3 rings (SSSR count). The van der Waals surface area contributed by atoms with Gasteiger partial charge in [-0.05, 0) is 79.9 Å². The van der Waals surface area contributed by atoms with E-state index in [1.165, 1.54) is 29.2 Å². The molecule has 0 saturated carbocycles. The lowest BCUT2D eigenvalue weighted by molar-refractivity contribution is -0.139. The Kier molecular flexibility index (Phi) is 11.3. The fraction of sp³-hybridized carbons (Fsp3) is 0.310. The standard InChI is InChI=1S/C29H32Cl3N3O4S/c1-4-5-15-33-29(37)21(3)34(18-22-9-10-24(31)17-27(22)32)28(36)19-35(25-8-6-7-20(2)16-25)40(38,39)26-13-11-23(30)12-14-26/h6-14,16-17,21H,4-5,15,18-19H2,1-3H3,(H,33,37)/t21-/m0/s1. The maximum absolute atomic E-state index is 14.0. The van der Waals surface area contributed by atoms with Gasteiger partial charge in [-0.1, -0.05) is 66.3 Å². The lowest BCUT2D eigenvalue weighted by Gasteiger charge is -2.32. The van der Waals surface area contributed by atoms with Crippen LogP contribution in [-0.4, -0.2) is 44.3 Å². The molecule has 0 fully saturated rings. The minimum atomic E-state index is -4.18. The number of hydrogen-bond donors (Lipinski definition) is 1. The highest BCUT2D eigenvalue weighted by Gasteiger charge is 2.32. The van der Waals surface area contributed by atoms with Gasteiger partial charge in [0.05, 0.1) is 10.6 Å².